The number of hydrogen-bond donors (Lipinski definition) is 0. The van der Waals surface area contributed by atoms with Crippen molar-refractivity contribution in [3.63, 3.8) is 0 Å². The van der Waals surface area contributed by atoms with Gasteiger partial charge in [-0.1, -0.05) is 15.9 Å². The Hall–Kier alpha value is -0.900. The van der Waals surface area contributed by atoms with E-state index in [1.807, 2.05) is 0 Å². The summed E-state index contributed by atoms with van der Waals surface area (Å²) < 4.78 is 17.8. The fraction of sp³-hybridized carbons (Fsp3) is 0.300. The number of benzene rings is 1. The third kappa shape index (κ3) is 2.12. The van der Waals surface area contributed by atoms with Gasteiger partial charge in [-0.05, 0) is 30.2 Å². The van der Waals surface area contributed by atoms with Crippen LogP contribution >= 0.6 is 15.9 Å². The number of esters is 1. The maximum atomic E-state index is 13.3. The molecule has 0 aromatic heterocycles. The highest BCUT2D eigenvalue weighted by Gasteiger charge is 2.14. The summed E-state index contributed by atoms with van der Waals surface area (Å²) in [6.45, 7) is 1.79. The van der Waals surface area contributed by atoms with E-state index in [0.717, 1.165) is 11.1 Å². The summed E-state index contributed by atoms with van der Waals surface area (Å²) in [7, 11) is 1.23. The number of carbonyl (C=O) groups is 1. The van der Waals surface area contributed by atoms with Gasteiger partial charge in [-0.2, -0.15) is 0 Å². The first-order valence-corrected chi connectivity index (χ1v) is 5.15. The fourth-order valence-electron chi connectivity index (χ4n) is 1.13. The van der Waals surface area contributed by atoms with E-state index >= 15 is 0 Å². The summed E-state index contributed by atoms with van der Waals surface area (Å²) in [6.07, 6.45) is 0. The zero-order valence-corrected chi connectivity index (χ0v) is 9.52. The van der Waals surface area contributed by atoms with Crippen LogP contribution in [0.15, 0.2) is 12.1 Å². The van der Waals surface area contributed by atoms with Gasteiger partial charge >= 0.3 is 5.97 Å². The van der Waals surface area contributed by atoms with Gasteiger partial charge in [0.1, 0.15) is 5.82 Å². The number of carbonyl (C=O) groups excluding carboxylic acids is 1. The van der Waals surface area contributed by atoms with E-state index in [9.17, 15) is 9.18 Å². The van der Waals surface area contributed by atoms with E-state index in [-0.39, 0.29) is 5.56 Å². The molecule has 0 bridgehead atoms. The van der Waals surface area contributed by atoms with Gasteiger partial charge in [0.25, 0.3) is 0 Å². The van der Waals surface area contributed by atoms with Crippen molar-refractivity contribution >= 4 is 21.9 Å². The van der Waals surface area contributed by atoms with E-state index in [0.29, 0.717) is 5.33 Å². The number of alkyl halides is 1. The molecular formula is C10H10BrFO2. The van der Waals surface area contributed by atoms with Gasteiger partial charge in [0.2, 0.25) is 0 Å². The van der Waals surface area contributed by atoms with Gasteiger partial charge in [0, 0.05) is 5.33 Å². The molecule has 1 aromatic carbocycles. The molecule has 76 valence electrons. The summed E-state index contributed by atoms with van der Waals surface area (Å²) in [5, 5.41) is 0.586. The maximum Gasteiger partial charge on any atom is 0.340 e. The molecular weight excluding hydrogens is 251 g/mol. The molecule has 0 amide bonds. The Bertz CT molecular complexity index is 363. The third-order valence-electron chi connectivity index (χ3n) is 1.97. The van der Waals surface area contributed by atoms with Gasteiger partial charge in [0.05, 0.1) is 12.7 Å². The molecule has 0 aliphatic carbocycles. The van der Waals surface area contributed by atoms with E-state index in [1.165, 1.54) is 19.2 Å². The minimum atomic E-state index is -0.648. The Balaban J connectivity index is 3.24. The van der Waals surface area contributed by atoms with Crippen LogP contribution < -0.4 is 0 Å². The van der Waals surface area contributed by atoms with Crippen LogP contribution in [0.25, 0.3) is 0 Å². The molecule has 0 saturated heterocycles. The second kappa shape index (κ2) is 4.55. The van der Waals surface area contributed by atoms with Crippen LogP contribution in [0.5, 0.6) is 0 Å². The molecule has 1 rings (SSSR count). The lowest BCUT2D eigenvalue weighted by Gasteiger charge is -2.06. The minimum absolute atomic E-state index is 0.0208. The highest BCUT2D eigenvalue weighted by Crippen LogP contribution is 2.18. The Morgan fingerprint density at radius 1 is 1.57 bits per heavy atom. The van der Waals surface area contributed by atoms with Crippen molar-refractivity contribution in [2.24, 2.45) is 0 Å². The number of halogens is 2. The van der Waals surface area contributed by atoms with Crippen molar-refractivity contribution in [2.75, 3.05) is 7.11 Å². The molecule has 0 N–H and O–H groups in total. The highest BCUT2D eigenvalue weighted by atomic mass is 79.9. The second-order valence-electron chi connectivity index (χ2n) is 2.88. The largest absolute Gasteiger partial charge is 0.465 e. The standard InChI is InChI=1S/C10H10BrFO2/c1-6-3-9(12)8(10(13)14-2)4-7(6)5-11/h3-4H,5H2,1-2H3. The average molecular weight is 261 g/mol. The van der Waals surface area contributed by atoms with E-state index in [1.54, 1.807) is 6.92 Å². The topological polar surface area (TPSA) is 26.3 Å². The third-order valence-corrected chi connectivity index (χ3v) is 2.58. The fourth-order valence-corrected chi connectivity index (χ4v) is 1.73. The molecule has 0 aliphatic rings. The Morgan fingerprint density at radius 2 is 2.21 bits per heavy atom. The predicted octanol–water partition coefficient (Wildman–Crippen LogP) is 2.82. The summed E-state index contributed by atoms with van der Waals surface area (Å²) >= 11 is 3.26. The second-order valence-corrected chi connectivity index (χ2v) is 3.44. The Labute approximate surface area is 90.2 Å². The van der Waals surface area contributed by atoms with Crippen molar-refractivity contribution in [1.29, 1.82) is 0 Å². The zero-order valence-electron chi connectivity index (χ0n) is 7.93. The Morgan fingerprint density at radius 3 is 2.71 bits per heavy atom. The van der Waals surface area contributed by atoms with Crippen LogP contribution in [0.4, 0.5) is 4.39 Å². The highest BCUT2D eigenvalue weighted by molar-refractivity contribution is 9.08. The van der Waals surface area contributed by atoms with E-state index < -0.39 is 11.8 Å². The van der Waals surface area contributed by atoms with Gasteiger partial charge in [-0.15, -0.1) is 0 Å². The van der Waals surface area contributed by atoms with Crippen molar-refractivity contribution < 1.29 is 13.9 Å². The SMILES string of the molecule is COC(=O)c1cc(CBr)c(C)cc1F. The van der Waals surface area contributed by atoms with Crippen LogP contribution in [0.1, 0.15) is 21.5 Å². The van der Waals surface area contributed by atoms with Crippen molar-refractivity contribution in [3.05, 3.63) is 34.6 Å². The summed E-state index contributed by atoms with van der Waals surface area (Å²) in [4.78, 5) is 11.1. The normalized spacial score (nSPS) is 10.0. The van der Waals surface area contributed by atoms with Crippen LogP contribution in [-0.2, 0) is 10.1 Å². The number of hydrogen-bond acceptors (Lipinski definition) is 2. The van der Waals surface area contributed by atoms with Gasteiger partial charge < -0.3 is 4.74 Å². The van der Waals surface area contributed by atoms with Crippen LogP contribution in [0, 0.1) is 12.7 Å². The van der Waals surface area contributed by atoms with Crippen LogP contribution in [0.3, 0.4) is 0 Å². The summed E-state index contributed by atoms with van der Waals surface area (Å²) in [5.74, 6) is -1.19. The monoisotopic (exact) mass is 260 g/mol. The lowest BCUT2D eigenvalue weighted by Crippen LogP contribution is -2.06. The molecule has 0 unspecified atom stereocenters. The summed E-state index contributed by atoms with van der Waals surface area (Å²) in [6, 6.07) is 2.84. The predicted molar refractivity (Wildman–Crippen MR) is 55.1 cm³/mol. The molecule has 0 radical (unpaired) electrons. The first-order chi connectivity index (χ1) is 6.60. The summed E-state index contributed by atoms with van der Waals surface area (Å²) in [5.41, 5.74) is 1.67. The number of rotatable bonds is 2. The molecule has 2 nitrogen and oxygen atoms in total. The average Bonchev–Trinajstić information content (AvgIpc) is 2.17. The molecule has 1 aromatic rings. The molecule has 0 saturated carbocycles. The molecule has 0 spiro atoms. The lowest BCUT2D eigenvalue weighted by atomic mass is 10.1. The molecule has 4 heteroatoms. The lowest BCUT2D eigenvalue weighted by molar-refractivity contribution is 0.0595. The first-order valence-electron chi connectivity index (χ1n) is 4.03. The van der Waals surface area contributed by atoms with E-state index in [2.05, 4.69) is 20.7 Å². The van der Waals surface area contributed by atoms with Gasteiger partial charge in [0.15, 0.2) is 0 Å². The number of aryl methyl sites for hydroxylation is 1. The number of ether oxygens (including phenoxy) is 1. The smallest absolute Gasteiger partial charge is 0.340 e. The molecule has 14 heavy (non-hydrogen) atoms. The zero-order chi connectivity index (χ0) is 10.7. The van der Waals surface area contributed by atoms with Crippen molar-refractivity contribution in [2.45, 2.75) is 12.3 Å². The minimum Gasteiger partial charge on any atom is -0.465 e. The molecule has 0 atom stereocenters. The molecule has 0 aliphatic heterocycles. The van der Waals surface area contributed by atoms with Crippen molar-refractivity contribution in [1.82, 2.24) is 0 Å². The molecule has 0 heterocycles. The first kappa shape index (κ1) is 11.2. The number of methoxy groups -OCH3 is 1. The quantitative estimate of drug-likeness (QED) is 0.604. The van der Waals surface area contributed by atoms with Crippen molar-refractivity contribution in [3.8, 4) is 0 Å². The van der Waals surface area contributed by atoms with Crippen LogP contribution in [-0.4, -0.2) is 13.1 Å². The van der Waals surface area contributed by atoms with Gasteiger partial charge in [-0.3, -0.25) is 0 Å². The Kier molecular flexibility index (Phi) is 3.63. The van der Waals surface area contributed by atoms with Crippen LogP contribution in [0.2, 0.25) is 0 Å². The molecule has 0 fully saturated rings. The maximum absolute atomic E-state index is 13.3. The van der Waals surface area contributed by atoms with Gasteiger partial charge in [-0.25, -0.2) is 9.18 Å². The van der Waals surface area contributed by atoms with E-state index in [4.69, 9.17) is 0 Å².